The molecule has 1 heterocycles. The van der Waals surface area contributed by atoms with Crippen molar-refractivity contribution >= 4 is 35.7 Å². The Hall–Kier alpha value is -2.45. The van der Waals surface area contributed by atoms with Crippen LogP contribution in [-0.2, 0) is 11.2 Å². The summed E-state index contributed by atoms with van der Waals surface area (Å²) in [6.07, 6.45) is 5.62. The molecule has 2 atom stereocenters. The lowest BCUT2D eigenvalue weighted by molar-refractivity contribution is -0.104. The molecule has 0 saturated heterocycles. The van der Waals surface area contributed by atoms with Gasteiger partial charge in [0.2, 0.25) is 0 Å². The molecular formula is C27H32ClNO5S. The molecule has 6 nitrogen and oxygen atoms in total. The quantitative estimate of drug-likeness (QED) is 0.186. The van der Waals surface area contributed by atoms with Gasteiger partial charge in [-0.15, -0.1) is 0 Å². The number of allylic oxidation sites excluding steroid dienone is 1. The number of aldehydes is 1. The average molecular weight is 518 g/mol. The van der Waals surface area contributed by atoms with Gasteiger partial charge in [-0.2, -0.15) is 0 Å². The summed E-state index contributed by atoms with van der Waals surface area (Å²) in [5.41, 5.74) is 8.74. The number of aliphatic hydroxyl groups excluding tert-OH is 1. The van der Waals surface area contributed by atoms with E-state index in [2.05, 4.69) is 20.4 Å². The molecule has 8 heteroatoms. The fourth-order valence-electron chi connectivity index (χ4n) is 4.10. The third-order valence-corrected chi connectivity index (χ3v) is 7.10. The van der Waals surface area contributed by atoms with Crippen LogP contribution in [0.5, 0.6) is 17.2 Å². The molecule has 0 saturated carbocycles. The van der Waals surface area contributed by atoms with E-state index in [9.17, 15) is 9.90 Å². The van der Waals surface area contributed by atoms with Crippen molar-refractivity contribution in [2.45, 2.75) is 51.7 Å². The van der Waals surface area contributed by atoms with Gasteiger partial charge in [0, 0.05) is 5.56 Å². The van der Waals surface area contributed by atoms with E-state index in [1.807, 2.05) is 13.8 Å². The zero-order chi connectivity index (χ0) is 25.8. The molecule has 0 aromatic heterocycles. The van der Waals surface area contributed by atoms with Crippen LogP contribution in [0, 0.1) is 20.8 Å². The molecule has 2 unspecified atom stereocenters. The number of ether oxygens (including phenoxy) is 3. The summed E-state index contributed by atoms with van der Waals surface area (Å²) >= 11 is 7.30. The molecule has 2 aromatic rings. The van der Waals surface area contributed by atoms with Gasteiger partial charge >= 0.3 is 0 Å². The average Bonchev–Trinajstić information content (AvgIpc) is 2.81. The van der Waals surface area contributed by atoms with Gasteiger partial charge < -0.3 is 19.3 Å². The third kappa shape index (κ3) is 6.41. The van der Waals surface area contributed by atoms with Crippen LogP contribution in [0.4, 0.5) is 0 Å². The predicted octanol–water partition coefficient (Wildman–Crippen LogP) is 5.50. The Morgan fingerprint density at radius 3 is 2.69 bits per heavy atom. The first-order chi connectivity index (χ1) is 16.6. The molecule has 1 aliphatic rings. The number of aliphatic hydroxyl groups is 1. The Labute approximate surface area is 216 Å². The lowest BCUT2D eigenvalue weighted by atomic mass is 9.87. The maximum atomic E-state index is 11.2. The van der Waals surface area contributed by atoms with Crippen molar-refractivity contribution in [2.75, 3.05) is 13.2 Å². The normalized spacial score (nSPS) is 18.3. The van der Waals surface area contributed by atoms with Crippen LogP contribution in [-0.4, -0.2) is 35.8 Å². The maximum absolute atomic E-state index is 11.2. The van der Waals surface area contributed by atoms with Crippen molar-refractivity contribution in [3.63, 3.8) is 0 Å². The fourth-order valence-corrected chi connectivity index (χ4v) is 4.88. The van der Waals surface area contributed by atoms with Gasteiger partial charge in [0.15, 0.2) is 11.8 Å². The second-order valence-electron chi connectivity index (χ2n) is 8.81. The lowest BCUT2D eigenvalue weighted by Crippen LogP contribution is -2.42. The number of nitrogens with two attached hydrogens (primary N) is 1. The molecule has 188 valence electrons. The number of fused-ring (bicyclic) bond motifs is 1. The van der Waals surface area contributed by atoms with Crippen molar-refractivity contribution in [1.82, 2.24) is 0 Å². The number of hydrogen-bond acceptors (Lipinski definition) is 7. The van der Waals surface area contributed by atoms with Crippen molar-refractivity contribution in [3.8, 4) is 17.2 Å². The minimum atomic E-state index is -1.17. The summed E-state index contributed by atoms with van der Waals surface area (Å²) in [4.78, 5) is 11.5. The van der Waals surface area contributed by atoms with Gasteiger partial charge in [0.1, 0.15) is 36.1 Å². The van der Waals surface area contributed by atoms with E-state index in [0.29, 0.717) is 40.7 Å². The highest BCUT2D eigenvalue weighted by molar-refractivity contribution is 8.04. The number of carbonyl (C=O) groups is 1. The van der Waals surface area contributed by atoms with E-state index < -0.39 is 11.2 Å². The van der Waals surface area contributed by atoms with Crippen LogP contribution in [0.15, 0.2) is 35.8 Å². The Bertz CT molecular complexity index is 1150. The first kappa shape index (κ1) is 27.1. The Morgan fingerprint density at radius 2 is 2.06 bits per heavy atom. The Kier molecular flexibility index (Phi) is 8.94. The molecule has 0 aliphatic carbocycles. The van der Waals surface area contributed by atoms with Crippen LogP contribution in [0.1, 0.15) is 41.2 Å². The van der Waals surface area contributed by atoms with Crippen LogP contribution in [0.2, 0.25) is 5.02 Å². The second-order valence-corrected chi connectivity index (χ2v) is 10.4. The number of halogens is 1. The monoisotopic (exact) mass is 517 g/mol. The van der Waals surface area contributed by atoms with E-state index in [1.165, 1.54) is 5.56 Å². The van der Waals surface area contributed by atoms with E-state index >= 15 is 0 Å². The molecule has 0 bridgehead atoms. The number of hydrogen-bond donors (Lipinski definition) is 2. The van der Waals surface area contributed by atoms with Crippen molar-refractivity contribution in [3.05, 3.63) is 68.6 Å². The van der Waals surface area contributed by atoms with E-state index in [-0.39, 0.29) is 0 Å². The topological polar surface area (TPSA) is 91.0 Å². The van der Waals surface area contributed by atoms with Gasteiger partial charge in [0.05, 0.1) is 9.93 Å². The standard InChI is InChI=1S/C27H32ClNO5S/c1-6-11-32-24-16(2)17(3)25-21(18(24)4)9-10-27(5,34-25)15-33-23-8-7-19(13-22(23)28)12-20(14-30)35-26(29)31/h6-8,12-14,26,31H,1,9-11,15,29H2,2-5H3/b20-12-. The van der Waals surface area contributed by atoms with Crippen LogP contribution in [0.25, 0.3) is 6.08 Å². The first-order valence-corrected chi connectivity index (χ1v) is 12.6. The Morgan fingerprint density at radius 1 is 1.31 bits per heavy atom. The smallest absolute Gasteiger partial charge is 0.156 e. The fraction of sp³-hybridized carbons (Fsp3) is 0.370. The molecule has 2 aromatic carbocycles. The highest BCUT2D eigenvalue weighted by Gasteiger charge is 2.35. The van der Waals surface area contributed by atoms with E-state index in [0.717, 1.165) is 52.8 Å². The molecule has 0 radical (unpaired) electrons. The zero-order valence-corrected chi connectivity index (χ0v) is 22.1. The SMILES string of the molecule is C=CCOc1c(C)c(C)c2c(c1C)CCC(C)(COc1ccc(/C=C(/C=O)SC(N)O)cc1Cl)O2. The van der Waals surface area contributed by atoms with Crippen molar-refractivity contribution < 1.29 is 24.1 Å². The first-order valence-electron chi connectivity index (χ1n) is 11.3. The van der Waals surface area contributed by atoms with Gasteiger partial charge in [-0.05, 0) is 81.0 Å². The molecule has 0 fully saturated rings. The summed E-state index contributed by atoms with van der Waals surface area (Å²) in [5.74, 6) is 2.33. The number of thioether (sulfide) groups is 1. The van der Waals surface area contributed by atoms with Crippen LogP contribution < -0.4 is 19.9 Å². The molecule has 3 N–H and O–H groups in total. The van der Waals surface area contributed by atoms with E-state index in [4.69, 9.17) is 31.5 Å². The minimum Gasteiger partial charge on any atom is -0.489 e. The van der Waals surface area contributed by atoms with Crippen LogP contribution in [0.3, 0.4) is 0 Å². The largest absolute Gasteiger partial charge is 0.489 e. The lowest BCUT2D eigenvalue weighted by Gasteiger charge is -2.38. The molecule has 0 spiro atoms. The maximum Gasteiger partial charge on any atom is 0.156 e. The third-order valence-electron chi connectivity index (χ3n) is 6.08. The van der Waals surface area contributed by atoms with Gasteiger partial charge in [0.25, 0.3) is 0 Å². The number of benzene rings is 2. The zero-order valence-electron chi connectivity index (χ0n) is 20.5. The van der Waals surface area contributed by atoms with Gasteiger partial charge in [-0.1, -0.05) is 42.1 Å². The molecule has 0 amide bonds. The molecule has 3 rings (SSSR count). The molecule has 1 aliphatic heterocycles. The van der Waals surface area contributed by atoms with Gasteiger partial charge in [-0.25, -0.2) is 0 Å². The minimum absolute atomic E-state index is 0.297. The van der Waals surface area contributed by atoms with E-state index in [1.54, 1.807) is 30.4 Å². The Balaban J connectivity index is 1.76. The summed E-state index contributed by atoms with van der Waals surface area (Å²) < 4.78 is 18.5. The molecular weight excluding hydrogens is 486 g/mol. The van der Waals surface area contributed by atoms with Crippen molar-refractivity contribution in [2.24, 2.45) is 5.73 Å². The van der Waals surface area contributed by atoms with Gasteiger partial charge in [-0.3, -0.25) is 10.5 Å². The summed E-state index contributed by atoms with van der Waals surface area (Å²) in [6.45, 7) is 12.7. The number of carbonyl (C=O) groups excluding carboxylic acids is 1. The second kappa shape index (κ2) is 11.5. The predicted molar refractivity (Wildman–Crippen MR) is 142 cm³/mol. The van der Waals surface area contributed by atoms with Crippen molar-refractivity contribution in [1.29, 1.82) is 0 Å². The molecule has 35 heavy (non-hydrogen) atoms. The number of rotatable bonds is 10. The summed E-state index contributed by atoms with van der Waals surface area (Å²) in [6, 6.07) is 5.24. The highest BCUT2D eigenvalue weighted by Crippen LogP contribution is 2.44. The van der Waals surface area contributed by atoms with Crippen LogP contribution >= 0.6 is 23.4 Å². The summed E-state index contributed by atoms with van der Waals surface area (Å²) in [7, 11) is 0. The highest BCUT2D eigenvalue weighted by atomic mass is 35.5. The summed E-state index contributed by atoms with van der Waals surface area (Å²) in [5, 5.41) is 9.69.